The van der Waals surface area contributed by atoms with E-state index in [1.807, 2.05) is 12.1 Å². The Hall–Kier alpha value is -1.86. The van der Waals surface area contributed by atoms with E-state index in [1.165, 1.54) is 17.9 Å². The molecule has 0 bridgehead atoms. The number of carbonyl (C=O) groups excluding carboxylic acids is 1. The minimum atomic E-state index is -0.347. The summed E-state index contributed by atoms with van der Waals surface area (Å²) in [5, 5.41) is 9.88. The number of benzene rings is 1. The third kappa shape index (κ3) is 4.80. The van der Waals surface area contributed by atoms with Crippen molar-refractivity contribution in [1.82, 2.24) is 15.1 Å². The Bertz CT molecular complexity index is 746. The summed E-state index contributed by atoms with van der Waals surface area (Å²) in [5.74, 6) is -0.120. The molecule has 0 aliphatic carbocycles. The van der Waals surface area contributed by atoms with Crippen LogP contribution in [0.5, 0.6) is 0 Å². The SMILES string of the molecule is Cn1ncc(NCCCNC(=O)c2ccc(Br)cc2)c(Cl)c1=O. The van der Waals surface area contributed by atoms with Crippen molar-refractivity contribution in [2.75, 3.05) is 18.4 Å². The molecule has 0 aliphatic heterocycles. The van der Waals surface area contributed by atoms with Gasteiger partial charge in [0.1, 0.15) is 5.02 Å². The molecule has 0 saturated carbocycles. The highest BCUT2D eigenvalue weighted by Crippen LogP contribution is 2.14. The van der Waals surface area contributed by atoms with E-state index in [9.17, 15) is 9.59 Å². The topological polar surface area (TPSA) is 76.0 Å². The predicted octanol–water partition coefficient (Wildman–Crippen LogP) is 2.43. The fourth-order valence-corrected chi connectivity index (χ4v) is 2.35. The Morgan fingerprint density at radius 2 is 2.00 bits per heavy atom. The normalized spacial score (nSPS) is 10.4. The van der Waals surface area contributed by atoms with Crippen molar-refractivity contribution in [3.63, 3.8) is 0 Å². The van der Waals surface area contributed by atoms with Gasteiger partial charge in [0.05, 0.1) is 11.9 Å². The van der Waals surface area contributed by atoms with E-state index < -0.39 is 0 Å². The Morgan fingerprint density at radius 1 is 1.30 bits per heavy atom. The molecule has 0 unspecified atom stereocenters. The Kier molecular flexibility index (Phi) is 6.18. The number of hydrogen-bond acceptors (Lipinski definition) is 4. The number of aromatic nitrogens is 2. The first-order valence-corrected chi connectivity index (χ1v) is 8.15. The number of anilines is 1. The first kappa shape index (κ1) is 17.5. The lowest BCUT2D eigenvalue weighted by Crippen LogP contribution is -2.26. The zero-order valence-corrected chi connectivity index (χ0v) is 14.8. The van der Waals surface area contributed by atoms with E-state index in [0.29, 0.717) is 30.8 Å². The number of rotatable bonds is 6. The molecule has 6 nitrogen and oxygen atoms in total. The zero-order valence-electron chi connectivity index (χ0n) is 12.5. The molecule has 0 atom stereocenters. The molecule has 0 aliphatic rings. The molecule has 1 amide bonds. The monoisotopic (exact) mass is 398 g/mol. The van der Waals surface area contributed by atoms with E-state index >= 15 is 0 Å². The average molecular weight is 400 g/mol. The van der Waals surface area contributed by atoms with Gasteiger partial charge >= 0.3 is 0 Å². The van der Waals surface area contributed by atoms with E-state index in [2.05, 4.69) is 31.7 Å². The maximum absolute atomic E-state index is 11.9. The minimum Gasteiger partial charge on any atom is -0.382 e. The fourth-order valence-electron chi connectivity index (χ4n) is 1.85. The maximum atomic E-state index is 11.9. The van der Waals surface area contributed by atoms with Crippen LogP contribution in [0.1, 0.15) is 16.8 Å². The van der Waals surface area contributed by atoms with Gasteiger partial charge in [0, 0.05) is 30.2 Å². The van der Waals surface area contributed by atoms with Crippen LogP contribution in [-0.4, -0.2) is 28.8 Å². The third-order valence-corrected chi connectivity index (χ3v) is 4.03. The molecule has 0 saturated heterocycles. The van der Waals surface area contributed by atoms with Gasteiger partial charge in [0.25, 0.3) is 11.5 Å². The quantitative estimate of drug-likeness (QED) is 0.732. The number of hydrogen-bond donors (Lipinski definition) is 2. The van der Waals surface area contributed by atoms with E-state index in [4.69, 9.17) is 11.6 Å². The molecule has 0 fully saturated rings. The molecule has 2 rings (SSSR count). The molecular weight excluding hydrogens is 384 g/mol. The van der Waals surface area contributed by atoms with Crippen LogP contribution in [0.25, 0.3) is 0 Å². The van der Waals surface area contributed by atoms with Crippen LogP contribution in [0.15, 0.2) is 39.7 Å². The molecule has 2 N–H and O–H groups in total. The minimum absolute atomic E-state index is 0.112. The highest BCUT2D eigenvalue weighted by molar-refractivity contribution is 9.10. The number of carbonyl (C=O) groups is 1. The summed E-state index contributed by atoms with van der Waals surface area (Å²) in [6, 6.07) is 7.15. The summed E-state index contributed by atoms with van der Waals surface area (Å²) in [6.45, 7) is 1.08. The third-order valence-electron chi connectivity index (χ3n) is 3.14. The Balaban J connectivity index is 1.76. The first-order valence-electron chi connectivity index (χ1n) is 6.98. The summed E-state index contributed by atoms with van der Waals surface area (Å²) in [7, 11) is 1.54. The van der Waals surface area contributed by atoms with Crippen molar-refractivity contribution in [3.8, 4) is 0 Å². The van der Waals surface area contributed by atoms with Gasteiger partial charge in [-0.1, -0.05) is 27.5 Å². The first-order chi connectivity index (χ1) is 11.0. The molecule has 1 heterocycles. The van der Waals surface area contributed by atoms with Crippen molar-refractivity contribution >= 4 is 39.1 Å². The lowest BCUT2D eigenvalue weighted by molar-refractivity contribution is 0.0953. The Labute approximate surface area is 147 Å². The molecule has 0 spiro atoms. The van der Waals surface area contributed by atoms with Gasteiger partial charge in [0.2, 0.25) is 0 Å². The van der Waals surface area contributed by atoms with Gasteiger partial charge in [-0.25, -0.2) is 4.68 Å². The van der Waals surface area contributed by atoms with Crippen molar-refractivity contribution in [3.05, 3.63) is 55.9 Å². The summed E-state index contributed by atoms with van der Waals surface area (Å²) < 4.78 is 2.10. The van der Waals surface area contributed by atoms with Gasteiger partial charge in [0.15, 0.2) is 0 Å². The number of amides is 1. The summed E-state index contributed by atoms with van der Waals surface area (Å²) >= 11 is 9.27. The van der Waals surface area contributed by atoms with Crippen molar-refractivity contribution < 1.29 is 4.79 Å². The average Bonchev–Trinajstić information content (AvgIpc) is 2.54. The lowest BCUT2D eigenvalue weighted by Gasteiger charge is -2.09. The summed E-state index contributed by atoms with van der Waals surface area (Å²) in [6.07, 6.45) is 2.19. The highest BCUT2D eigenvalue weighted by Gasteiger charge is 2.07. The summed E-state index contributed by atoms with van der Waals surface area (Å²) in [4.78, 5) is 23.5. The van der Waals surface area contributed by atoms with Crippen molar-refractivity contribution in [1.29, 1.82) is 0 Å². The van der Waals surface area contributed by atoms with Crippen molar-refractivity contribution in [2.24, 2.45) is 7.05 Å². The number of halogens is 2. The number of nitrogens with zero attached hydrogens (tertiary/aromatic N) is 2. The molecule has 122 valence electrons. The molecule has 1 aromatic carbocycles. The van der Waals surface area contributed by atoms with Gasteiger partial charge < -0.3 is 10.6 Å². The molecular formula is C15H16BrClN4O2. The van der Waals surface area contributed by atoms with E-state index in [1.54, 1.807) is 12.1 Å². The standard InChI is InChI=1S/C15H16BrClN4O2/c1-21-15(23)13(17)12(9-20-21)18-7-2-8-19-14(22)10-3-5-11(16)6-4-10/h3-6,9,18H,2,7-8H2,1H3,(H,19,22). The second-order valence-electron chi connectivity index (χ2n) is 4.84. The molecule has 2 aromatic rings. The fraction of sp³-hybridized carbons (Fsp3) is 0.267. The summed E-state index contributed by atoms with van der Waals surface area (Å²) in [5.41, 5.74) is 0.758. The molecule has 23 heavy (non-hydrogen) atoms. The molecule has 1 aromatic heterocycles. The Morgan fingerprint density at radius 3 is 2.70 bits per heavy atom. The zero-order chi connectivity index (χ0) is 16.8. The van der Waals surface area contributed by atoms with Crippen LogP contribution in [0.2, 0.25) is 5.02 Å². The highest BCUT2D eigenvalue weighted by atomic mass is 79.9. The van der Waals surface area contributed by atoms with Crippen LogP contribution < -0.4 is 16.2 Å². The van der Waals surface area contributed by atoms with Crippen LogP contribution in [0.3, 0.4) is 0 Å². The van der Waals surface area contributed by atoms with Gasteiger partial charge in [-0.2, -0.15) is 5.10 Å². The second kappa shape index (κ2) is 8.12. The number of aryl methyl sites for hydroxylation is 1. The van der Waals surface area contributed by atoms with Gasteiger partial charge in [-0.3, -0.25) is 9.59 Å². The van der Waals surface area contributed by atoms with E-state index in [-0.39, 0.29) is 16.5 Å². The number of nitrogens with one attached hydrogen (secondary N) is 2. The van der Waals surface area contributed by atoms with Crippen LogP contribution in [-0.2, 0) is 7.05 Å². The van der Waals surface area contributed by atoms with Gasteiger partial charge in [-0.15, -0.1) is 0 Å². The van der Waals surface area contributed by atoms with Gasteiger partial charge in [-0.05, 0) is 30.7 Å². The molecule has 0 radical (unpaired) electrons. The van der Waals surface area contributed by atoms with Crippen LogP contribution in [0.4, 0.5) is 5.69 Å². The maximum Gasteiger partial charge on any atom is 0.287 e. The lowest BCUT2D eigenvalue weighted by atomic mass is 10.2. The second-order valence-corrected chi connectivity index (χ2v) is 6.14. The smallest absolute Gasteiger partial charge is 0.287 e. The predicted molar refractivity (Wildman–Crippen MR) is 94.1 cm³/mol. The molecule has 8 heteroatoms. The largest absolute Gasteiger partial charge is 0.382 e. The van der Waals surface area contributed by atoms with Crippen LogP contribution in [0, 0.1) is 0 Å². The van der Waals surface area contributed by atoms with Crippen molar-refractivity contribution in [2.45, 2.75) is 6.42 Å². The van der Waals surface area contributed by atoms with Crippen LogP contribution >= 0.6 is 27.5 Å². The van der Waals surface area contributed by atoms with E-state index in [0.717, 1.165) is 4.47 Å².